The van der Waals surface area contributed by atoms with Gasteiger partial charge >= 0.3 is 0 Å². The van der Waals surface area contributed by atoms with Gasteiger partial charge in [-0.15, -0.1) is 0 Å². The third-order valence-corrected chi connectivity index (χ3v) is 4.25. The molecule has 2 aromatic carbocycles. The summed E-state index contributed by atoms with van der Waals surface area (Å²) in [7, 11) is 0. The lowest BCUT2D eigenvalue weighted by Gasteiger charge is -2.27. The minimum atomic E-state index is -1.08. The molecule has 7 heteroatoms. The number of hydrogen-bond donors (Lipinski definition) is 2. The van der Waals surface area contributed by atoms with Gasteiger partial charge in [-0.25, -0.2) is 4.39 Å². The zero-order valence-corrected chi connectivity index (χ0v) is 14.7. The van der Waals surface area contributed by atoms with E-state index in [0.717, 1.165) is 0 Å². The maximum atomic E-state index is 14.4. The van der Waals surface area contributed by atoms with Crippen molar-refractivity contribution in [1.29, 1.82) is 0 Å². The minimum absolute atomic E-state index is 0.103. The Morgan fingerprint density at radius 3 is 2.26 bits per heavy atom. The number of hydrogen-bond acceptors (Lipinski definition) is 4. The summed E-state index contributed by atoms with van der Waals surface area (Å²) in [5.41, 5.74) is 0.816. The van der Waals surface area contributed by atoms with Gasteiger partial charge in [0.25, 0.3) is 5.91 Å². The first kappa shape index (κ1) is 18.3. The van der Waals surface area contributed by atoms with Gasteiger partial charge in [0.15, 0.2) is 11.5 Å². The van der Waals surface area contributed by atoms with E-state index in [1.807, 2.05) is 0 Å². The largest absolute Gasteiger partial charge is 0.503 e. The smallest absolute Gasteiger partial charge is 0.294 e. The molecule has 2 N–H and O–H groups in total. The maximum Gasteiger partial charge on any atom is 0.294 e. The molecule has 0 saturated carbocycles. The number of rotatable bonds is 4. The number of Topliss-reactive ketones (excluding diaryl/α,β-unsaturated/α-hetero) is 1. The van der Waals surface area contributed by atoms with Crippen molar-refractivity contribution in [3.8, 4) is 0 Å². The fourth-order valence-electron chi connectivity index (χ4n) is 3.13. The number of anilines is 2. The zero-order chi connectivity index (χ0) is 19.7. The Hall–Kier alpha value is -3.48. The molecule has 0 spiro atoms. The third-order valence-electron chi connectivity index (χ3n) is 4.25. The van der Waals surface area contributed by atoms with Crippen molar-refractivity contribution in [3.63, 3.8) is 0 Å². The van der Waals surface area contributed by atoms with Crippen molar-refractivity contribution in [2.45, 2.75) is 19.9 Å². The zero-order valence-electron chi connectivity index (χ0n) is 14.7. The number of benzene rings is 2. The molecule has 6 nitrogen and oxygen atoms in total. The summed E-state index contributed by atoms with van der Waals surface area (Å²) in [4.78, 5) is 37.1. The van der Waals surface area contributed by atoms with Crippen molar-refractivity contribution in [1.82, 2.24) is 0 Å². The molecule has 2 aromatic rings. The molecule has 27 heavy (non-hydrogen) atoms. The molecule has 1 atom stereocenters. The lowest BCUT2D eigenvalue weighted by molar-refractivity contribution is -0.117. The molecule has 0 saturated heterocycles. The number of carbonyl (C=O) groups is 3. The van der Waals surface area contributed by atoms with E-state index in [1.165, 1.54) is 36.9 Å². The van der Waals surface area contributed by atoms with Crippen LogP contribution in [0.15, 0.2) is 59.9 Å². The highest BCUT2D eigenvalue weighted by Crippen LogP contribution is 2.41. The molecule has 0 fully saturated rings. The maximum absolute atomic E-state index is 14.4. The Labute approximate surface area is 154 Å². The Kier molecular flexibility index (Phi) is 4.77. The fraction of sp³-hybridized carbons (Fsp3) is 0.150. The normalized spacial score (nSPS) is 16.6. The van der Waals surface area contributed by atoms with E-state index < -0.39 is 29.3 Å². The fourth-order valence-corrected chi connectivity index (χ4v) is 3.13. The molecule has 1 aliphatic rings. The van der Waals surface area contributed by atoms with Crippen molar-refractivity contribution >= 4 is 29.0 Å². The predicted molar refractivity (Wildman–Crippen MR) is 97.7 cm³/mol. The highest BCUT2D eigenvalue weighted by atomic mass is 19.1. The highest BCUT2D eigenvalue weighted by molar-refractivity contribution is 6.16. The monoisotopic (exact) mass is 368 g/mol. The van der Waals surface area contributed by atoms with Crippen LogP contribution in [-0.2, 0) is 14.4 Å². The topological polar surface area (TPSA) is 86.7 Å². The van der Waals surface area contributed by atoms with Gasteiger partial charge in [0, 0.05) is 23.9 Å². The Bertz CT molecular complexity index is 966. The van der Waals surface area contributed by atoms with Gasteiger partial charge in [-0.2, -0.15) is 0 Å². The second kappa shape index (κ2) is 7.03. The molecular formula is C20H17FN2O4. The molecule has 0 aromatic heterocycles. The van der Waals surface area contributed by atoms with Crippen molar-refractivity contribution in [2.24, 2.45) is 0 Å². The summed E-state index contributed by atoms with van der Waals surface area (Å²) in [5, 5.41) is 12.8. The average Bonchev–Trinajstić information content (AvgIpc) is 2.87. The summed E-state index contributed by atoms with van der Waals surface area (Å²) in [6, 6.07) is 10.9. The van der Waals surface area contributed by atoms with Crippen molar-refractivity contribution in [2.75, 3.05) is 10.2 Å². The molecule has 138 valence electrons. The highest BCUT2D eigenvalue weighted by Gasteiger charge is 2.44. The Morgan fingerprint density at radius 2 is 1.70 bits per heavy atom. The number of carbonyl (C=O) groups excluding carboxylic acids is 3. The van der Waals surface area contributed by atoms with Gasteiger partial charge in [-0.1, -0.05) is 18.2 Å². The van der Waals surface area contributed by atoms with Crippen LogP contribution in [0.5, 0.6) is 0 Å². The number of ketones is 1. The number of nitrogens with zero attached hydrogens (tertiary/aromatic N) is 1. The molecule has 0 bridgehead atoms. The van der Waals surface area contributed by atoms with Gasteiger partial charge in [0.05, 0.1) is 11.6 Å². The number of halogens is 1. The van der Waals surface area contributed by atoms with Crippen LogP contribution in [0, 0.1) is 5.82 Å². The van der Waals surface area contributed by atoms with Gasteiger partial charge in [-0.05, 0) is 37.3 Å². The summed E-state index contributed by atoms with van der Waals surface area (Å²) < 4.78 is 14.4. The molecule has 0 unspecified atom stereocenters. The average molecular weight is 368 g/mol. The molecule has 1 aliphatic heterocycles. The van der Waals surface area contributed by atoms with E-state index in [2.05, 4.69) is 5.32 Å². The SMILES string of the molecule is CC(=O)Nc1ccc(N2C(=O)C(O)=C(C(C)=O)[C@@H]2c2ccccc2F)cc1. The van der Waals surface area contributed by atoms with Crippen molar-refractivity contribution < 1.29 is 23.9 Å². The first-order valence-electron chi connectivity index (χ1n) is 8.21. The summed E-state index contributed by atoms with van der Waals surface area (Å²) in [6.45, 7) is 2.59. The number of aliphatic hydroxyl groups excluding tert-OH is 1. The first-order chi connectivity index (χ1) is 12.8. The van der Waals surface area contributed by atoms with E-state index in [1.54, 1.807) is 30.3 Å². The number of aliphatic hydroxyl groups is 1. The van der Waals surface area contributed by atoms with Crippen LogP contribution in [0.2, 0.25) is 0 Å². The summed E-state index contributed by atoms with van der Waals surface area (Å²) >= 11 is 0. The second-order valence-corrected chi connectivity index (χ2v) is 6.15. The predicted octanol–water partition coefficient (Wildman–Crippen LogP) is 3.27. The molecule has 0 radical (unpaired) electrons. The molecule has 2 amide bonds. The quantitative estimate of drug-likeness (QED) is 0.867. The summed E-state index contributed by atoms with van der Waals surface area (Å²) in [5.74, 6) is -2.85. The van der Waals surface area contributed by atoms with E-state index in [9.17, 15) is 23.9 Å². The molecular weight excluding hydrogens is 351 g/mol. The van der Waals surface area contributed by atoms with Crippen LogP contribution in [-0.4, -0.2) is 22.7 Å². The van der Waals surface area contributed by atoms with E-state index in [4.69, 9.17) is 0 Å². The van der Waals surface area contributed by atoms with Crippen LogP contribution in [0.4, 0.5) is 15.8 Å². The Morgan fingerprint density at radius 1 is 1.07 bits per heavy atom. The van der Waals surface area contributed by atoms with Gasteiger partial charge in [0.2, 0.25) is 5.91 Å². The molecule has 0 aliphatic carbocycles. The standard InChI is InChI=1S/C20H17FN2O4/c1-11(24)17-18(15-5-3-4-6-16(15)21)23(20(27)19(17)26)14-9-7-13(8-10-14)22-12(2)25/h3-10,18,26H,1-2H3,(H,22,25)/t18-/m0/s1. The van der Waals surface area contributed by atoms with Gasteiger partial charge < -0.3 is 10.4 Å². The van der Waals surface area contributed by atoms with E-state index >= 15 is 0 Å². The number of amides is 2. The van der Waals surface area contributed by atoms with Crippen LogP contribution in [0.25, 0.3) is 0 Å². The Balaban J connectivity index is 2.10. The van der Waals surface area contributed by atoms with E-state index in [0.29, 0.717) is 11.4 Å². The van der Waals surface area contributed by atoms with Crippen LogP contribution in [0.1, 0.15) is 25.5 Å². The van der Waals surface area contributed by atoms with Crippen LogP contribution >= 0.6 is 0 Å². The van der Waals surface area contributed by atoms with E-state index in [-0.39, 0.29) is 17.0 Å². The molecule has 1 heterocycles. The van der Waals surface area contributed by atoms with Crippen molar-refractivity contribution in [3.05, 3.63) is 71.2 Å². The third kappa shape index (κ3) is 3.31. The lowest BCUT2D eigenvalue weighted by atomic mass is 9.96. The first-order valence-corrected chi connectivity index (χ1v) is 8.21. The van der Waals surface area contributed by atoms with Gasteiger partial charge in [0.1, 0.15) is 5.82 Å². The van der Waals surface area contributed by atoms with Gasteiger partial charge in [-0.3, -0.25) is 19.3 Å². The number of nitrogens with one attached hydrogen (secondary N) is 1. The van der Waals surface area contributed by atoms with Crippen LogP contribution < -0.4 is 10.2 Å². The van der Waals surface area contributed by atoms with Crippen LogP contribution in [0.3, 0.4) is 0 Å². The summed E-state index contributed by atoms with van der Waals surface area (Å²) in [6.07, 6.45) is 0. The second-order valence-electron chi connectivity index (χ2n) is 6.15. The molecule has 3 rings (SSSR count). The minimum Gasteiger partial charge on any atom is -0.503 e. The lowest BCUT2D eigenvalue weighted by Crippen LogP contribution is -2.31.